The van der Waals surface area contributed by atoms with E-state index in [0.717, 1.165) is 0 Å². The lowest BCUT2D eigenvalue weighted by atomic mass is 9.99. The first kappa shape index (κ1) is 17.0. The van der Waals surface area contributed by atoms with E-state index in [1.807, 2.05) is 0 Å². The Morgan fingerprint density at radius 2 is 1.52 bits per heavy atom. The predicted molar refractivity (Wildman–Crippen MR) is 62.6 cm³/mol. The van der Waals surface area contributed by atoms with Crippen molar-refractivity contribution < 1.29 is 50.0 Å². The van der Waals surface area contributed by atoms with E-state index < -0.39 is 61.9 Å². The quantitative estimate of drug-likeness (QED) is 0.268. The summed E-state index contributed by atoms with van der Waals surface area (Å²) in [6, 6.07) is 0. The van der Waals surface area contributed by atoms with E-state index in [1.165, 1.54) is 0 Å². The third kappa shape index (κ3) is 3.35. The third-order valence-corrected chi connectivity index (χ3v) is 3.61. The van der Waals surface area contributed by atoms with Gasteiger partial charge in [-0.1, -0.05) is 0 Å². The SMILES string of the molecule is OC[C@H]1O[C@H](O[C@@H]2CO[C@@H](O)[C@H](O)[C@H]2O)[C@@H](O)[C@@H](O)[C@@H]1O. The Hall–Kier alpha value is -0.400. The lowest BCUT2D eigenvalue weighted by molar-refractivity contribution is -0.340. The summed E-state index contributed by atoms with van der Waals surface area (Å²) in [5.41, 5.74) is 0. The van der Waals surface area contributed by atoms with E-state index in [0.29, 0.717) is 0 Å². The molecule has 0 bridgehead atoms. The second-order valence-corrected chi connectivity index (χ2v) is 5.08. The monoisotopic (exact) mass is 312 g/mol. The largest absolute Gasteiger partial charge is 0.394 e. The summed E-state index contributed by atoms with van der Waals surface area (Å²) in [6.07, 6.45) is -13.2. The van der Waals surface area contributed by atoms with Crippen LogP contribution < -0.4 is 0 Å². The highest BCUT2D eigenvalue weighted by Gasteiger charge is 2.47. The molecule has 2 fully saturated rings. The maximum atomic E-state index is 9.78. The van der Waals surface area contributed by atoms with Crippen molar-refractivity contribution in [1.82, 2.24) is 0 Å². The van der Waals surface area contributed by atoms with Crippen LogP contribution in [0.4, 0.5) is 0 Å². The van der Waals surface area contributed by atoms with Gasteiger partial charge in [0.1, 0.15) is 42.7 Å². The highest BCUT2D eigenvalue weighted by atomic mass is 16.7. The number of aliphatic hydroxyl groups excluding tert-OH is 7. The first-order valence-corrected chi connectivity index (χ1v) is 6.48. The summed E-state index contributed by atoms with van der Waals surface area (Å²) in [7, 11) is 0. The van der Waals surface area contributed by atoms with Crippen LogP contribution in [0.25, 0.3) is 0 Å². The van der Waals surface area contributed by atoms with Gasteiger partial charge >= 0.3 is 0 Å². The van der Waals surface area contributed by atoms with Crippen molar-refractivity contribution in [3.05, 3.63) is 0 Å². The van der Waals surface area contributed by atoms with E-state index in [9.17, 15) is 30.6 Å². The van der Waals surface area contributed by atoms with Crippen molar-refractivity contribution in [2.45, 2.75) is 55.3 Å². The summed E-state index contributed by atoms with van der Waals surface area (Å²) in [5.74, 6) is 0. The molecule has 2 heterocycles. The standard InChI is InChI=1S/C11H20O10/c12-1-3-5(13)7(15)9(17)11(20-3)21-4-2-19-10(18)8(16)6(4)14/h3-18H,1-2H2/t3-,4-,5-,6+,7+,8-,9+,10-,11-/m1/s1. The van der Waals surface area contributed by atoms with Gasteiger partial charge in [0.25, 0.3) is 0 Å². The molecule has 0 unspecified atom stereocenters. The van der Waals surface area contributed by atoms with E-state index in [-0.39, 0.29) is 6.61 Å². The topological polar surface area (TPSA) is 169 Å². The molecule has 2 rings (SSSR count). The Bertz CT molecular complexity index is 339. The van der Waals surface area contributed by atoms with Crippen LogP contribution in [0, 0.1) is 0 Å². The van der Waals surface area contributed by atoms with E-state index in [4.69, 9.17) is 19.3 Å². The van der Waals surface area contributed by atoms with Gasteiger partial charge in [0.05, 0.1) is 13.2 Å². The molecule has 0 aromatic rings. The minimum Gasteiger partial charge on any atom is -0.394 e. The maximum Gasteiger partial charge on any atom is 0.187 e. The molecule has 2 aliphatic heterocycles. The van der Waals surface area contributed by atoms with Crippen molar-refractivity contribution >= 4 is 0 Å². The van der Waals surface area contributed by atoms with Crippen molar-refractivity contribution in [3.63, 3.8) is 0 Å². The minimum absolute atomic E-state index is 0.283. The second-order valence-electron chi connectivity index (χ2n) is 5.08. The molecule has 0 aromatic heterocycles. The fraction of sp³-hybridized carbons (Fsp3) is 1.00. The fourth-order valence-electron chi connectivity index (χ4n) is 2.25. The van der Waals surface area contributed by atoms with Crippen LogP contribution >= 0.6 is 0 Å². The highest BCUT2D eigenvalue weighted by Crippen LogP contribution is 2.25. The molecule has 2 saturated heterocycles. The van der Waals surface area contributed by atoms with Crippen LogP contribution in [0.3, 0.4) is 0 Å². The van der Waals surface area contributed by atoms with Crippen LogP contribution in [0.1, 0.15) is 0 Å². The second kappa shape index (κ2) is 6.79. The molecule has 0 radical (unpaired) electrons. The fourth-order valence-corrected chi connectivity index (χ4v) is 2.25. The summed E-state index contributed by atoms with van der Waals surface area (Å²) in [5, 5.41) is 66.5. The van der Waals surface area contributed by atoms with E-state index in [1.54, 1.807) is 0 Å². The molecular weight excluding hydrogens is 292 g/mol. The van der Waals surface area contributed by atoms with Gasteiger partial charge in [-0.15, -0.1) is 0 Å². The first-order chi connectivity index (χ1) is 9.86. The minimum atomic E-state index is -1.63. The first-order valence-electron chi connectivity index (χ1n) is 6.48. The average Bonchev–Trinajstić information content (AvgIpc) is 2.48. The van der Waals surface area contributed by atoms with Gasteiger partial charge in [-0.2, -0.15) is 0 Å². The molecule has 2 aliphatic rings. The molecule has 0 saturated carbocycles. The lowest BCUT2D eigenvalue weighted by Gasteiger charge is -2.43. The van der Waals surface area contributed by atoms with Crippen molar-refractivity contribution in [2.75, 3.05) is 13.2 Å². The maximum absolute atomic E-state index is 9.78. The van der Waals surface area contributed by atoms with Gasteiger partial charge in [-0.3, -0.25) is 0 Å². The predicted octanol–water partition coefficient (Wildman–Crippen LogP) is -4.76. The zero-order valence-electron chi connectivity index (χ0n) is 11.0. The number of rotatable bonds is 3. The Morgan fingerprint density at radius 1 is 0.857 bits per heavy atom. The van der Waals surface area contributed by atoms with Crippen LogP contribution in [0.2, 0.25) is 0 Å². The van der Waals surface area contributed by atoms with Gasteiger partial charge < -0.3 is 50.0 Å². The van der Waals surface area contributed by atoms with E-state index >= 15 is 0 Å². The molecule has 0 aliphatic carbocycles. The van der Waals surface area contributed by atoms with Gasteiger partial charge in [0, 0.05) is 0 Å². The Balaban J connectivity index is 2.01. The Kier molecular flexibility index (Phi) is 5.48. The number of aliphatic hydroxyl groups is 7. The van der Waals surface area contributed by atoms with Crippen molar-refractivity contribution in [3.8, 4) is 0 Å². The summed E-state index contributed by atoms with van der Waals surface area (Å²) in [4.78, 5) is 0. The Labute approximate surface area is 119 Å². The smallest absolute Gasteiger partial charge is 0.187 e. The molecule has 124 valence electrons. The molecule has 0 spiro atoms. The average molecular weight is 312 g/mol. The molecule has 9 atom stereocenters. The molecule has 10 nitrogen and oxygen atoms in total. The van der Waals surface area contributed by atoms with Crippen LogP contribution in [0.5, 0.6) is 0 Å². The normalized spacial score (nSPS) is 51.9. The van der Waals surface area contributed by atoms with Gasteiger partial charge in [0.2, 0.25) is 0 Å². The zero-order chi connectivity index (χ0) is 15.7. The third-order valence-electron chi connectivity index (χ3n) is 3.61. The van der Waals surface area contributed by atoms with Gasteiger partial charge in [0.15, 0.2) is 12.6 Å². The molecule has 21 heavy (non-hydrogen) atoms. The van der Waals surface area contributed by atoms with Crippen molar-refractivity contribution in [2.24, 2.45) is 0 Å². The van der Waals surface area contributed by atoms with Crippen LogP contribution in [0.15, 0.2) is 0 Å². The molecular formula is C11H20O10. The lowest BCUT2D eigenvalue weighted by Crippen LogP contribution is -2.62. The summed E-state index contributed by atoms with van der Waals surface area (Å²) < 4.78 is 15.1. The van der Waals surface area contributed by atoms with E-state index in [2.05, 4.69) is 0 Å². The molecule has 0 amide bonds. The summed E-state index contributed by atoms with van der Waals surface area (Å²) in [6.45, 7) is -0.899. The van der Waals surface area contributed by atoms with Crippen LogP contribution in [-0.4, -0.2) is 104 Å². The number of ether oxygens (including phenoxy) is 3. The molecule has 0 aromatic carbocycles. The Morgan fingerprint density at radius 3 is 2.14 bits per heavy atom. The molecule has 10 heteroatoms. The number of hydrogen-bond donors (Lipinski definition) is 7. The van der Waals surface area contributed by atoms with Crippen LogP contribution in [-0.2, 0) is 14.2 Å². The van der Waals surface area contributed by atoms with Crippen molar-refractivity contribution in [1.29, 1.82) is 0 Å². The number of hydrogen-bond acceptors (Lipinski definition) is 10. The zero-order valence-corrected chi connectivity index (χ0v) is 11.0. The summed E-state index contributed by atoms with van der Waals surface area (Å²) >= 11 is 0. The molecule has 7 N–H and O–H groups in total. The highest BCUT2D eigenvalue weighted by molar-refractivity contribution is 4.91. The van der Waals surface area contributed by atoms with Gasteiger partial charge in [-0.05, 0) is 0 Å². The van der Waals surface area contributed by atoms with Gasteiger partial charge in [-0.25, -0.2) is 0 Å².